The van der Waals surface area contributed by atoms with E-state index >= 15 is 0 Å². The van der Waals surface area contributed by atoms with Crippen molar-refractivity contribution in [2.75, 3.05) is 6.54 Å². The zero-order chi connectivity index (χ0) is 13.8. The van der Waals surface area contributed by atoms with Gasteiger partial charge in [-0.1, -0.05) is 30.8 Å². The molecule has 0 fully saturated rings. The fraction of sp³-hybridized carbons (Fsp3) is 0.636. The van der Waals surface area contributed by atoms with Gasteiger partial charge in [0.15, 0.2) is 11.0 Å². The summed E-state index contributed by atoms with van der Waals surface area (Å²) in [6.45, 7) is 7.23. The maximum absolute atomic E-state index is 5.58. The Labute approximate surface area is 116 Å². The summed E-state index contributed by atoms with van der Waals surface area (Å²) in [5, 5.41) is 13.0. The van der Waals surface area contributed by atoms with Gasteiger partial charge in [0.25, 0.3) is 0 Å². The highest BCUT2D eigenvalue weighted by Gasteiger charge is 2.13. The Kier molecular flexibility index (Phi) is 4.54. The van der Waals surface area contributed by atoms with Crippen LogP contribution in [0.25, 0.3) is 0 Å². The van der Waals surface area contributed by atoms with E-state index in [1.807, 2.05) is 25.3 Å². The Bertz CT molecular complexity index is 535. The molecule has 0 saturated heterocycles. The maximum atomic E-state index is 5.58. The fourth-order valence-electron chi connectivity index (χ4n) is 1.54. The first kappa shape index (κ1) is 14.0. The van der Waals surface area contributed by atoms with Crippen LogP contribution in [0.3, 0.4) is 0 Å². The molecule has 2 N–H and O–H groups in total. The van der Waals surface area contributed by atoms with Crippen molar-refractivity contribution in [3.05, 3.63) is 17.5 Å². The Morgan fingerprint density at radius 3 is 2.79 bits per heavy atom. The summed E-state index contributed by atoms with van der Waals surface area (Å²) in [6.07, 6.45) is 0. The number of aryl methyl sites for hydroxylation is 1. The average Bonchev–Trinajstić information content (AvgIpc) is 2.96. The zero-order valence-corrected chi connectivity index (χ0v) is 12.1. The summed E-state index contributed by atoms with van der Waals surface area (Å²) in [6, 6.07) is 0. The molecule has 104 valence electrons. The van der Waals surface area contributed by atoms with Gasteiger partial charge in [-0.3, -0.25) is 0 Å². The SMILES string of the molecule is Cc1nnc(SCc2noc(C(C)C)n2)n1CCN. The van der Waals surface area contributed by atoms with Gasteiger partial charge in [0, 0.05) is 19.0 Å². The lowest BCUT2D eigenvalue weighted by atomic mass is 10.2. The summed E-state index contributed by atoms with van der Waals surface area (Å²) < 4.78 is 7.15. The highest BCUT2D eigenvalue weighted by molar-refractivity contribution is 7.98. The first-order valence-electron chi connectivity index (χ1n) is 6.17. The first-order valence-corrected chi connectivity index (χ1v) is 7.15. The van der Waals surface area contributed by atoms with Crippen molar-refractivity contribution < 1.29 is 4.52 Å². The average molecular weight is 282 g/mol. The molecule has 0 atom stereocenters. The second-order valence-electron chi connectivity index (χ2n) is 4.46. The lowest BCUT2D eigenvalue weighted by Crippen LogP contribution is -2.12. The van der Waals surface area contributed by atoms with Gasteiger partial charge in [-0.15, -0.1) is 10.2 Å². The molecule has 7 nitrogen and oxygen atoms in total. The number of nitrogens with two attached hydrogens (primary N) is 1. The summed E-state index contributed by atoms with van der Waals surface area (Å²) >= 11 is 1.53. The smallest absolute Gasteiger partial charge is 0.229 e. The molecule has 8 heteroatoms. The molecule has 0 aliphatic carbocycles. The Morgan fingerprint density at radius 2 is 2.16 bits per heavy atom. The van der Waals surface area contributed by atoms with E-state index in [-0.39, 0.29) is 5.92 Å². The molecular weight excluding hydrogens is 264 g/mol. The minimum atomic E-state index is 0.245. The predicted molar refractivity (Wildman–Crippen MR) is 71.8 cm³/mol. The quantitative estimate of drug-likeness (QED) is 0.799. The molecule has 2 heterocycles. The van der Waals surface area contributed by atoms with E-state index in [1.54, 1.807) is 0 Å². The maximum Gasteiger partial charge on any atom is 0.229 e. The van der Waals surface area contributed by atoms with E-state index in [0.717, 1.165) is 11.0 Å². The summed E-state index contributed by atoms with van der Waals surface area (Å²) in [5.74, 6) is 3.06. The number of thioether (sulfide) groups is 1. The minimum absolute atomic E-state index is 0.245. The number of hydrogen-bond donors (Lipinski definition) is 1. The van der Waals surface area contributed by atoms with Crippen molar-refractivity contribution in [3.8, 4) is 0 Å². The van der Waals surface area contributed by atoms with Crippen LogP contribution in [0.1, 0.15) is 37.3 Å². The van der Waals surface area contributed by atoms with Gasteiger partial charge >= 0.3 is 0 Å². The van der Waals surface area contributed by atoms with Crippen LogP contribution in [0.15, 0.2) is 9.68 Å². The van der Waals surface area contributed by atoms with Gasteiger partial charge in [0.2, 0.25) is 5.89 Å². The Balaban J connectivity index is 2.01. The molecule has 0 aromatic carbocycles. The number of hydrogen-bond acceptors (Lipinski definition) is 7. The van der Waals surface area contributed by atoms with E-state index < -0.39 is 0 Å². The molecule has 0 radical (unpaired) electrons. The van der Waals surface area contributed by atoms with E-state index in [1.165, 1.54) is 11.8 Å². The van der Waals surface area contributed by atoms with Crippen LogP contribution in [0, 0.1) is 6.92 Å². The Morgan fingerprint density at radius 1 is 1.37 bits per heavy atom. The van der Waals surface area contributed by atoms with Crippen LogP contribution in [0.4, 0.5) is 0 Å². The third-order valence-electron chi connectivity index (χ3n) is 2.56. The van der Waals surface area contributed by atoms with Crippen LogP contribution in [0.5, 0.6) is 0 Å². The van der Waals surface area contributed by atoms with E-state index in [9.17, 15) is 0 Å². The van der Waals surface area contributed by atoms with Crippen molar-refractivity contribution in [2.24, 2.45) is 5.73 Å². The molecule has 0 bridgehead atoms. The largest absolute Gasteiger partial charge is 0.339 e. The zero-order valence-electron chi connectivity index (χ0n) is 11.3. The van der Waals surface area contributed by atoms with E-state index in [2.05, 4.69) is 20.3 Å². The molecular formula is C11H18N6OS. The number of rotatable bonds is 6. The highest BCUT2D eigenvalue weighted by Crippen LogP contribution is 2.21. The van der Waals surface area contributed by atoms with Crippen molar-refractivity contribution in [2.45, 2.75) is 44.1 Å². The molecule has 2 rings (SSSR count). The van der Waals surface area contributed by atoms with Gasteiger partial charge in [-0.25, -0.2) is 0 Å². The van der Waals surface area contributed by atoms with Crippen molar-refractivity contribution >= 4 is 11.8 Å². The number of nitrogens with zero attached hydrogens (tertiary/aromatic N) is 5. The predicted octanol–water partition coefficient (Wildman–Crippen LogP) is 1.34. The molecule has 2 aromatic heterocycles. The Hall–Kier alpha value is -1.41. The summed E-state index contributed by atoms with van der Waals surface area (Å²) in [7, 11) is 0. The van der Waals surface area contributed by atoms with Gasteiger partial charge in [-0.2, -0.15) is 4.98 Å². The molecule has 0 aliphatic rings. The highest BCUT2D eigenvalue weighted by atomic mass is 32.2. The van der Waals surface area contributed by atoms with Crippen LogP contribution in [-0.2, 0) is 12.3 Å². The molecule has 0 spiro atoms. The lowest BCUT2D eigenvalue weighted by molar-refractivity contribution is 0.362. The van der Waals surface area contributed by atoms with Crippen LogP contribution >= 0.6 is 11.8 Å². The van der Waals surface area contributed by atoms with E-state index in [0.29, 0.717) is 30.6 Å². The van der Waals surface area contributed by atoms with Crippen LogP contribution in [0.2, 0.25) is 0 Å². The molecule has 2 aromatic rings. The third kappa shape index (κ3) is 3.32. The van der Waals surface area contributed by atoms with Crippen LogP contribution < -0.4 is 5.73 Å². The van der Waals surface area contributed by atoms with Crippen molar-refractivity contribution in [3.63, 3.8) is 0 Å². The molecule has 19 heavy (non-hydrogen) atoms. The third-order valence-corrected chi connectivity index (χ3v) is 3.53. The van der Waals surface area contributed by atoms with Gasteiger partial charge in [0.1, 0.15) is 5.82 Å². The lowest BCUT2D eigenvalue weighted by Gasteiger charge is -2.04. The molecule has 0 aliphatic heterocycles. The van der Waals surface area contributed by atoms with Gasteiger partial charge < -0.3 is 14.8 Å². The van der Waals surface area contributed by atoms with Gasteiger partial charge in [-0.05, 0) is 6.92 Å². The second-order valence-corrected chi connectivity index (χ2v) is 5.40. The molecule has 0 saturated carbocycles. The van der Waals surface area contributed by atoms with Crippen molar-refractivity contribution in [1.29, 1.82) is 0 Å². The van der Waals surface area contributed by atoms with Crippen molar-refractivity contribution in [1.82, 2.24) is 24.9 Å². The summed E-state index contributed by atoms with van der Waals surface area (Å²) in [4.78, 5) is 4.33. The fourth-order valence-corrected chi connectivity index (χ4v) is 2.40. The summed E-state index contributed by atoms with van der Waals surface area (Å²) in [5.41, 5.74) is 5.58. The first-order chi connectivity index (χ1) is 9.11. The van der Waals surface area contributed by atoms with Crippen LogP contribution in [-0.4, -0.2) is 31.4 Å². The minimum Gasteiger partial charge on any atom is -0.339 e. The monoisotopic (exact) mass is 282 g/mol. The molecule has 0 amide bonds. The molecule has 0 unspecified atom stereocenters. The standard InChI is InChI=1S/C11H18N6OS/c1-7(2)10-13-9(16-18-10)6-19-11-15-14-8(3)17(11)5-4-12/h7H,4-6,12H2,1-3H3. The topological polar surface area (TPSA) is 95.6 Å². The normalized spacial score (nSPS) is 11.4. The second kappa shape index (κ2) is 6.16. The number of aromatic nitrogens is 5. The van der Waals surface area contributed by atoms with E-state index in [4.69, 9.17) is 10.3 Å². The van der Waals surface area contributed by atoms with Gasteiger partial charge in [0.05, 0.1) is 5.75 Å².